The lowest BCUT2D eigenvalue weighted by molar-refractivity contribution is -0.145. The first kappa shape index (κ1) is 50.5. The average Bonchev–Trinajstić information content (AvgIpc) is 3.49. The van der Waals surface area contributed by atoms with Crippen molar-refractivity contribution in [3.63, 3.8) is 0 Å². The first-order valence-electron chi connectivity index (χ1n) is 21.7. The van der Waals surface area contributed by atoms with Crippen molar-refractivity contribution in [2.24, 2.45) is 0 Å². The number of esters is 1. The summed E-state index contributed by atoms with van der Waals surface area (Å²) < 4.78 is 43.7. The van der Waals surface area contributed by atoms with Crippen molar-refractivity contribution in [3.8, 4) is 0 Å². The molecule has 0 aliphatic carbocycles. The number of benzene rings is 1. The molecule has 5 amide bonds. The largest absolute Gasteiger partial charge is 0.463 e. The third-order valence-corrected chi connectivity index (χ3v) is 9.64. The molecule has 3 rings (SSSR count). The summed E-state index contributed by atoms with van der Waals surface area (Å²) in [5, 5.41) is 4.91. The van der Waals surface area contributed by atoms with Crippen molar-refractivity contribution in [3.05, 3.63) is 29.3 Å². The molecule has 1 unspecified atom stereocenters. The van der Waals surface area contributed by atoms with Crippen molar-refractivity contribution < 1.29 is 66.7 Å². The van der Waals surface area contributed by atoms with Crippen molar-refractivity contribution in [1.29, 1.82) is 0 Å². The monoisotopic (exact) mass is 849 g/mol. The summed E-state index contributed by atoms with van der Waals surface area (Å²) in [6, 6.07) is 3.53. The van der Waals surface area contributed by atoms with Crippen LogP contribution in [0, 0.1) is 0 Å². The van der Waals surface area contributed by atoms with Crippen LogP contribution in [-0.4, -0.2) is 146 Å². The highest BCUT2D eigenvalue weighted by Gasteiger charge is 2.45. The first-order chi connectivity index (χ1) is 29.3. The molecule has 1 saturated heterocycles. The van der Waals surface area contributed by atoms with E-state index in [2.05, 4.69) is 17.6 Å². The van der Waals surface area contributed by atoms with Gasteiger partial charge < -0.3 is 43.2 Å². The van der Waals surface area contributed by atoms with E-state index in [-0.39, 0.29) is 54.6 Å². The van der Waals surface area contributed by atoms with Crippen LogP contribution in [0.2, 0.25) is 0 Å². The molecular weight excluding hydrogens is 782 g/mol. The van der Waals surface area contributed by atoms with Gasteiger partial charge in [-0.3, -0.25) is 39.0 Å². The molecule has 60 heavy (non-hydrogen) atoms. The highest BCUT2D eigenvalue weighted by molar-refractivity contribution is 6.26. The summed E-state index contributed by atoms with van der Waals surface area (Å²) in [5.41, 5.74) is 0.379. The number of anilines is 1. The van der Waals surface area contributed by atoms with Crippen LogP contribution in [-0.2, 0) is 57.1 Å². The number of fused-ring (bicyclic) bond motifs is 1. The second-order valence-corrected chi connectivity index (χ2v) is 14.4. The van der Waals surface area contributed by atoms with Gasteiger partial charge in [-0.2, -0.15) is 0 Å². The molecule has 0 aromatic heterocycles. The van der Waals surface area contributed by atoms with E-state index in [9.17, 15) is 28.8 Å². The minimum Gasteiger partial charge on any atom is -0.463 e. The predicted octanol–water partition coefficient (Wildman–Crippen LogP) is 4.39. The molecule has 0 bridgehead atoms. The Morgan fingerprint density at radius 3 is 1.68 bits per heavy atom. The number of piperidine rings is 1. The van der Waals surface area contributed by atoms with E-state index in [0.717, 1.165) is 30.6 Å². The molecule has 2 aliphatic rings. The zero-order valence-corrected chi connectivity index (χ0v) is 35.5. The number of unbranched alkanes of at least 4 members (excludes halogenated alkanes) is 8. The Balaban J connectivity index is 1.02. The van der Waals surface area contributed by atoms with Crippen LogP contribution in [0.25, 0.3) is 0 Å². The number of hydrogen-bond donors (Lipinski definition) is 2. The number of nitrogens with one attached hydrogen (secondary N) is 2. The summed E-state index contributed by atoms with van der Waals surface area (Å²) >= 11 is 0. The third kappa shape index (κ3) is 20.6. The van der Waals surface area contributed by atoms with Crippen LogP contribution in [0.3, 0.4) is 0 Å². The lowest BCUT2D eigenvalue weighted by Crippen LogP contribution is -2.54. The van der Waals surface area contributed by atoms with E-state index < -0.39 is 29.7 Å². The molecule has 1 aromatic carbocycles. The topological polar surface area (TPSA) is 204 Å². The summed E-state index contributed by atoms with van der Waals surface area (Å²) in [7, 11) is 0. The van der Waals surface area contributed by atoms with Gasteiger partial charge in [-0.1, -0.05) is 57.9 Å². The minimum absolute atomic E-state index is 0.0273. The van der Waals surface area contributed by atoms with E-state index in [1.54, 1.807) is 12.1 Å². The maximum absolute atomic E-state index is 13.2. The van der Waals surface area contributed by atoms with Gasteiger partial charge in [0.1, 0.15) is 12.6 Å². The quantitative estimate of drug-likeness (QED) is 0.0542. The molecule has 17 heteroatoms. The molecule has 1 fully saturated rings. The van der Waals surface area contributed by atoms with Crippen LogP contribution < -0.4 is 10.6 Å². The highest BCUT2D eigenvalue weighted by atomic mass is 16.6. The van der Waals surface area contributed by atoms with Crippen molar-refractivity contribution in [2.45, 2.75) is 103 Å². The Morgan fingerprint density at radius 1 is 0.617 bits per heavy atom. The van der Waals surface area contributed by atoms with Gasteiger partial charge in [-0.25, -0.2) is 0 Å². The molecule has 0 radical (unpaired) electrons. The number of amides is 5. The molecule has 1 atom stereocenters. The molecule has 2 N–H and O–H groups in total. The van der Waals surface area contributed by atoms with Gasteiger partial charge in [0, 0.05) is 25.9 Å². The van der Waals surface area contributed by atoms with E-state index >= 15 is 0 Å². The van der Waals surface area contributed by atoms with Gasteiger partial charge in [-0.05, 0) is 37.8 Å². The van der Waals surface area contributed by atoms with Gasteiger partial charge in [-0.15, -0.1) is 0 Å². The Hall–Kier alpha value is -3.84. The van der Waals surface area contributed by atoms with E-state index in [1.807, 2.05) is 0 Å². The van der Waals surface area contributed by atoms with Gasteiger partial charge >= 0.3 is 5.97 Å². The Bertz CT molecular complexity index is 1440. The third-order valence-electron chi connectivity index (χ3n) is 9.64. The van der Waals surface area contributed by atoms with Crippen LogP contribution in [0.4, 0.5) is 5.69 Å². The standard InChI is InChI=1S/C43H67N3O14/c1-2-3-4-5-6-7-10-16-39(49)60-33-32-59-31-30-58-29-28-57-27-26-56-25-24-55-23-22-54-21-20-53-19-11-8-9-15-37(47)44-35-14-12-13-34-40(35)43(52)46(42(34)51)36-17-18-38(48)45-41(36)50/h12-14,36H,2-11,15-33H2,1H3,(H,44,47)(H,45,48,50). The maximum Gasteiger partial charge on any atom is 0.305 e. The number of carbonyl (C=O) groups is 6. The van der Waals surface area contributed by atoms with Crippen molar-refractivity contribution in [1.82, 2.24) is 10.2 Å². The molecule has 2 heterocycles. The normalized spacial score (nSPS) is 15.1. The molecule has 2 aliphatic heterocycles. The smallest absolute Gasteiger partial charge is 0.305 e. The molecule has 0 saturated carbocycles. The minimum atomic E-state index is -1.07. The summed E-state index contributed by atoms with van der Waals surface area (Å²) in [6.45, 7) is 8.76. The fraction of sp³-hybridized carbons (Fsp3) is 0.721. The SMILES string of the molecule is CCCCCCCCCC(=O)OCCOCCOCCOCCOCCOCCOCCOCCCCCC(=O)Nc1cccc2c1C(=O)N(C1CCC(=O)NC1=O)C2=O. The summed E-state index contributed by atoms with van der Waals surface area (Å²) in [6.07, 6.45) is 11.1. The predicted molar refractivity (Wildman–Crippen MR) is 220 cm³/mol. The molecule has 17 nitrogen and oxygen atoms in total. The van der Waals surface area contributed by atoms with Gasteiger partial charge in [0.15, 0.2) is 0 Å². The lowest BCUT2D eigenvalue weighted by atomic mass is 10.0. The Labute approximate surface area is 354 Å². The lowest BCUT2D eigenvalue weighted by Gasteiger charge is -2.27. The van der Waals surface area contributed by atoms with Gasteiger partial charge in [0.05, 0.1) is 103 Å². The van der Waals surface area contributed by atoms with Crippen LogP contribution in [0.1, 0.15) is 118 Å². The number of carbonyl (C=O) groups excluding carboxylic acids is 6. The second kappa shape index (κ2) is 32.0. The van der Waals surface area contributed by atoms with Crippen LogP contribution in [0.15, 0.2) is 18.2 Å². The van der Waals surface area contributed by atoms with Gasteiger partial charge in [0.25, 0.3) is 11.8 Å². The van der Waals surface area contributed by atoms with Crippen LogP contribution in [0.5, 0.6) is 0 Å². The number of ether oxygens (including phenoxy) is 8. The molecular formula is C43H67N3O14. The zero-order chi connectivity index (χ0) is 43.0. The number of hydrogen-bond acceptors (Lipinski definition) is 14. The van der Waals surface area contributed by atoms with Crippen molar-refractivity contribution in [2.75, 3.05) is 104 Å². The van der Waals surface area contributed by atoms with E-state index in [1.165, 1.54) is 38.2 Å². The number of rotatable bonds is 37. The van der Waals surface area contributed by atoms with Crippen molar-refractivity contribution >= 4 is 41.2 Å². The van der Waals surface area contributed by atoms with Gasteiger partial charge in [0.2, 0.25) is 17.7 Å². The Morgan fingerprint density at radius 2 is 1.12 bits per heavy atom. The second-order valence-electron chi connectivity index (χ2n) is 14.4. The van der Waals surface area contributed by atoms with E-state index in [0.29, 0.717) is 105 Å². The average molecular weight is 850 g/mol. The summed E-state index contributed by atoms with van der Waals surface area (Å²) in [5.74, 6) is -2.88. The fourth-order valence-corrected chi connectivity index (χ4v) is 6.43. The molecule has 0 spiro atoms. The van der Waals surface area contributed by atoms with Crippen LogP contribution >= 0.6 is 0 Å². The number of nitrogens with zero attached hydrogens (tertiary/aromatic N) is 1. The molecule has 338 valence electrons. The first-order valence-corrected chi connectivity index (χ1v) is 21.7. The maximum atomic E-state index is 13.2. The Kier molecular flexibility index (Phi) is 26.9. The molecule has 1 aromatic rings. The van der Waals surface area contributed by atoms with E-state index in [4.69, 9.17) is 37.9 Å². The fourth-order valence-electron chi connectivity index (χ4n) is 6.43. The zero-order valence-electron chi connectivity index (χ0n) is 35.5. The summed E-state index contributed by atoms with van der Waals surface area (Å²) in [4.78, 5) is 75.3. The number of imide groups is 2. The highest BCUT2D eigenvalue weighted by Crippen LogP contribution is 2.32.